The lowest BCUT2D eigenvalue weighted by atomic mass is 9.97. The summed E-state index contributed by atoms with van der Waals surface area (Å²) >= 11 is 0. The molecule has 1 aliphatic heterocycles. The molecular formula is C16H22N2O4. The number of benzene rings is 1. The number of piperidine rings is 1. The number of ether oxygens (including phenoxy) is 1. The average molecular weight is 306 g/mol. The monoisotopic (exact) mass is 306 g/mol. The summed E-state index contributed by atoms with van der Waals surface area (Å²) in [6.07, 6.45) is 1.04. The van der Waals surface area contributed by atoms with Crippen molar-refractivity contribution in [3.05, 3.63) is 35.9 Å². The number of rotatable bonds is 6. The van der Waals surface area contributed by atoms with Crippen LogP contribution in [0.2, 0.25) is 0 Å². The molecule has 0 spiro atoms. The summed E-state index contributed by atoms with van der Waals surface area (Å²) in [4.78, 5) is 24.4. The van der Waals surface area contributed by atoms with Gasteiger partial charge in [0.2, 0.25) is 0 Å². The van der Waals surface area contributed by atoms with E-state index in [4.69, 9.17) is 9.84 Å². The highest BCUT2D eigenvalue weighted by Gasteiger charge is 2.26. The molecule has 1 aliphatic rings. The summed E-state index contributed by atoms with van der Waals surface area (Å²) in [6.45, 7) is 2.42. The Morgan fingerprint density at radius 1 is 1.23 bits per heavy atom. The van der Waals surface area contributed by atoms with Crippen molar-refractivity contribution < 1.29 is 19.4 Å². The van der Waals surface area contributed by atoms with Crippen molar-refractivity contribution in [3.63, 3.8) is 0 Å². The molecule has 0 unspecified atom stereocenters. The summed E-state index contributed by atoms with van der Waals surface area (Å²) in [7, 11) is 0. The van der Waals surface area contributed by atoms with Gasteiger partial charge in [-0.2, -0.15) is 0 Å². The first-order valence-corrected chi connectivity index (χ1v) is 7.54. The molecule has 0 aromatic heterocycles. The van der Waals surface area contributed by atoms with Crippen LogP contribution >= 0.6 is 0 Å². The van der Waals surface area contributed by atoms with Crippen LogP contribution in [0.25, 0.3) is 0 Å². The normalized spacial score (nSPS) is 15.5. The number of carbonyl (C=O) groups excluding carboxylic acids is 1. The molecule has 6 nitrogen and oxygen atoms in total. The van der Waals surface area contributed by atoms with Crippen LogP contribution in [0.1, 0.15) is 18.4 Å². The van der Waals surface area contributed by atoms with Gasteiger partial charge in [-0.05, 0) is 18.4 Å². The zero-order chi connectivity index (χ0) is 15.8. The van der Waals surface area contributed by atoms with Crippen molar-refractivity contribution in [1.82, 2.24) is 10.2 Å². The highest BCUT2D eigenvalue weighted by atomic mass is 16.5. The summed E-state index contributed by atoms with van der Waals surface area (Å²) in [5.74, 6) is -1.09. The fraction of sp³-hybridized carbons (Fsp3) is 0.500. The number of nitrogens with one attached hydrogen (secondary N) is 1. The minimum Gasteiger partial charge on any atom is -0.481 e. The number of urea groups is 1. The zero-order valence-corrected chi connectivity index (χ0v) is 12.5. The van der Waals surface area contributed by atoms with Crippen LogP contribution in [0.15, 0.2) is 30.3 Å². The van der Waals surface area contributed by atoms with Crippen LogP contribution in [0.4, 0.5) is 4.79 Å². The van der Waals surface area contributed by atoms with Crippen molar-refractivity contribution in [2.24, 2.45) is 5.92 Å². The predicted octanol–water partition coefficient (Wildman–Crippen LogP) is 1.71. The van der Waals surface area contributed by atoms with Crippen molar-refractivity contribution in [2.75, 3.05) is 26.2 Å². The Bertz CT molecular complexity index is 484. The summed E-state index contributed by atoms with van der Waals surface area (Å²) < 4.78 is 5.49. The zero-order valence-electron chi connectivity index (χ0n) is 12.5. The number of carboxylic acids is 1. The van der Waals surface area contributed by atoms with Gasteiger partial charge < -0.3 is 20.1 Å². The Balaban J connectivity index is 1.57. The first kappa shape index (κ1) is 16.3. The minimum absolute atomic E-state index is 0.146. The second-order valence-corrected chi connectivity index (χ2v) is 5.37. The van der Waals surface area contributed by atoms with Gasteiger partial charge in [0.25, 0.3) is 0 Å². The fourth-order valence-corrected chi connectivity index (χ4v) is 2.44. The third kappa shape index (κ3) is 5.04. The Hall–Kier alpha value is -2.08. The van der Waals surface area contributed by atoms with Gasteiger partial charge in [-0.25, -0.2) is 4.79 Å². The molecule has 0 aliphatic carbocycles. The molecule has 2 amide bonds. The lowest BCUT2D eigenvalue weighted by Crippen LogP contribution is -2.46. The molecule has 1 saturated heterocycles. The quantitative estimate of drug-likeness (QED) is 0.784. The molecule has 0 bridgehead atoms. The molecule has 1 heterocycles. The Morgan fingerprint density at radius 3 is 2.55 bits per heavy atom. The maximum atomic E-state index is 11.9. The van der Waals surface area contributed by atoms with E-state index in [9.17, 15) is 9.59 Å². The van der Waals surface area contributed by atoms with Crippen molar-refractivity contribution in [2.45, 2.75) is 19.4 Å². The second-order valence-electron chi connectivity index (χ2n) is 5.37. The number of likely N-dealkylation sites (tertiary alicyclic amines) is 1. The average Bonchev–Trinajstić information content (AvgIpc) is 2.55. The molecule has 1 aromatic carbocycles. The molecule has 1 aromatic rings. The van der Waals surface area contributed by atoms with Crippen LogP contribution < -0.4 is 5.32 Å². The van der Waals surface area contributed by atoms with Crippen LogP contribution in [0, 0.1) is 5.92 Å². The van der Waals surface area contributed by atoms with E-state index in [2.05, 4.69) is 5.32 Å². The SMILES string of the molecule is O=C(O)C1CCN(C(=O)NCCOCc2ccccc2)CC1. The standard InChI is InChI=1S/C16H22N2O4/c19-15(20)14-6-9-18(10-7-14)16(21)17-8-11-22-12-13-4-2-1-3-5-13/h1-5,14H,6-12H2,(H,17,21)(H,19,20). The number of amides is 2. The predicted molar refractivity (Wildman–Crippen MR) is 81.4 cm³/mol. The van der Waals surface area contributed by atoms with Crippen LogP contribution in [-0.4, -0.2) is 48.2 Å². The van der Waals surface area contributed by atoms with E-state index in [1.807, 2.05) is 30.3 Å². The highest BCUT2D eigenvalue weighted by Crippen LogP contribution is 2.17. The molecule has 0 radical (unpaired) electrons. The van der Waals surface area contributed by atoms with Gasteiger partial charge in [0.05, 0.1) is 19.1 Å². The van der Waals surface area contributed by atoms with Gasteiger partial charge in [0, 0.05) is 19.6 Å². The van der Waals surface area contributed by atoms with E-state index in [-0.39, 0.29) is 11.9 Å². The van der Waals surface area contributed by atoms with E-state index < -0.39 is 5.97 Å². The third-order valence-electron chi connectivity index (χ3n) is 3.77. The van der Waals surface area contributed by atoms with E-state index in [1.54, 1.807) is 4.90 Å². The van der Waals surface area contributed by atoms with Crippen LogP contribution in [-0.2, 0) is 16.1 Å². The third-order valence-corrected chi connectivity index (χ3v) is 3.77. The lowest BCUT2D eigenvalue weighted by Gasteiger charge is -2.30. The maximum Gasteiger partial charge on any atom is 0.317 e. The van der Waals surface area contributed by atoms with E-state index >= 15 is 0 Å². The van der Waals surface area contributed by atoms with Crippen LogP contribution in [0.5, 0.6) is 0 Å². The number of carboxylic acid groups (broad SMARTS) is 1. The van der Waals surface area contributed by atoms with Crippen LogP contribution in [0.3, 0.4) is 0 Å². The molecule has 2 rings (SSSR count). The molecule has 22 heavy (non-hydrogen) atoms. The molecule has 120 valence electrons. The minimum atomic E-state index is -0.769. The highest BCUT2D eigenvalue weighted by molar-refractivity contribution is 5.75. The van der Waals surface area contributed by atoms with Gasteiger partial charge in [0.1, 0.15) is 0 Å². The molecule has 6 heteroatoms. The fourth-order valence-electron chi connectivity index (χ4n) is 2.44. The number of hydrogen-bond donors (Lipinski definition) is 2. The van der Waals surface area contributed by atoms with Crippen molar-refractivity contribution in [1.29, 1.82) is 0 Å². The number of nitrogens with zero attached hydrogens (tertiary/aromatic N) is 1. The van der Waals surface area contributed by atoms with Gasteiger partial charge in [-0.15, -0.1) is 0 Å². The smallest absolute Gasteiger partial charge is 0.317 e. The Labute approximate surface area is 130 Å². The van der Waals surface area contributed by atoms with Crippen molar-refractivity contribution in [3.8, 4) is 0 Å². The van der Waals surface area contributed by atoms with Gasteiger partial charge in [-0.1, -0.05) is 30.3 Å². The first-order chi connectivity index (χ1) is 10.7. The molecule has 1 fully saturated rings. The largest absolute Gasteiger partial charge is 0.481 e. The van der Waals surface area contributed by atoms with E-state index in [0.29, 0.717) is 45.7 Å². The van der Waals surface area contributed by atoms with Gasteiger partial charge >= 0.3 is 12.0 Å². The lowest BCUT2D eigenvalue weighted by molar-refractivity contribution is -0.143. The Morgan fingerprint density at radius 2 is 1.91 bits per heavy atom. The second kappa shape index (κ2) is 8.38. The molecule has 0 saturated carbocycles. The molecular weight excluding hydrogens is 284 g/mol. The van der Waals surface area contributed by atoms with Crippen molar-refractivity contribution >= 4 is 12.0 Å². The summed E-state index contributed by atoms with van der Waals surface area (Å²) in [5, 5.41) is 11.7. The van der Waals surface area contributed by atoms with E-state index in [1.165, 1.54) is 0 Å². The number of aliphatic carboxylic acids is 1. The topological polar surface area (TPSA) is 78.9 Å². The summed E-state index contributed by atoms with van der Waals surface area (Å²) in [5.41, 5.74) is 1.10. The Kier molecular flexibility index (Phi) is 6.21. The summed E-state index contributed by atoms with van der Waals surface area (Å²) in [6, 6.07) is 9.71. The number of carbonyl (C=O) groups is 2. The van der Waals surface area contributed by atoms with Gasteiger partial charge in [0.15, 0.2) is 0 Å². The molecule has 2 N–H and O–H groups in total. The first-order valence-electron chi connectivity index (χ1n) is 7.54. The van der Waals surface area contributed by atoms with Gasteiger partial charge in [-0.3, -0.25) is 4.79 Å². The van der Waals surface area contributed by atoms with E-state index in [0.717, 1.165) is 5.56 Å². The number of hydrogen-bond acceptors (Lipinski definition) is 3. The molecule has 0 atom stereocenters. The maximum absolute atomic E-state index is 11.9.